The highest BCUT2D eigenvalue weighted by atomic mass is 16.5. The third kappa shape index (κ3) is 3.60. The van der Waals surface area contributed by atoms with E-state index in [0.717, 1.165) is 24.2 Å². The zero-order valence-electron chi connectivity index (χ0n) is 16.4. The highest BCUT2D eigenvalue weighted by molar-refractivity contribution is 6.00. The van der Waals surface area contributed by atoms with E-state index in [0.29, 0.717) is 12.3 Å². The minimum absolute atomic E-state index is 0.381. The van der Waals surface area contributed by atoms with Crippen molar-refractivity contribution in [2.24, 2.45) is 10.7 Å². The predicted molar refractivity (Wildman–Crippen MR) is 113 cm³/mol. The lowest BCUT2D eigenvalue weighted by molar-refractivity contribution is 0.000520. The molecule has 28 heavy (non-hydrogen) atoms. The van der Waals surface area contributed by atoms with Crippen molar-refractivity contribution < 1.29 is 9.47 Å². The Kier molecular flexibility index (Phi) is 4.82. The zero-order chi connectivity index (χ0) is 19.6. The fourth-order valence-corrected chi connectivity index (χ4v) is 3.94. The monoisotopic (exact) mass is 374 g/mol. The van der Waals surface area contributed by atoms with Gasteiger partial charge in [0.2, 0.25) is 0 Å². The van der Waals surface area contributed by atoms with Crippen LogP contribution in [0.5, 0.6) is 5.75 Å². The van der Waals surface area contributed by atoms with Crippen LogP contribution in [0.15, 0.2) is 77.8 Å². The van der Waals surface area contributed by atoms with Gasteiger partial charge in [0.25, 0.3) is 0 Å². The molecule has 0 bridgehead atoms. The number of para-hydroxylation sites is 1. The average molecular weight is 374 g/mol. The van der Waals surface area contributed by atoms with Gasteiger partial charge in [-0.3, -0.25) is 0 Å². The smallest absolute Gasteiger partial charge is 0.199 e. The molecule has 4 rings (SSSR count). The lowest BCUT2D eigenvalue weighted by Crippen LogP contribution is -2.41. The SMILES string of the molecule is COC1(CCC2(C)N=C(N)c3ccccc3O2)C=CC=C(c2ccccc2)C1. The van der Waals surface area contributed by atoms with Gasteiger partial charge < -0.3 is 15.2 Å². The van der Waals surface area contributed by atoms with Crippen molar-refractivity contribution in [3.05, 3.63) is 84.0 Å². The summed E-state index contributed by atoms with van der Waals surface area (Å²) >= 11 is 0. The molecular weight excluding hydrogens is 348 g/mol. The molecule has 0 fully saturated rings. The third-order valence-corrected chi connectivity index (χ3v) is 5.60. The fraction of sp³-hybridized carbons (Fsp3) is 0.292. The van der Waals surface area contributed by atoms with Crippen molar-refractivity contribution in [1.29, 1.82) is 0 Å². The van der Waals surface area contributed by atoms with Gasteiger partial charge in [-0.15, -0.1) is 0 Å². The van der Waals surface area contributed by atoms with Crippen LogP contribution in [0.25, 0.3) is 5.57 Å². The molecule has 0 spiro atoms. The maximum Gasteiger partial charge on any atom is 0.199 e. The molecule has 0 radical (unpaired) electrons. The summed E-state index contributed by atoms with van der Waals surface area (Å²) in [6, 6.07) is 18.2. The number of hydrogen-bond donors (Lipinski definition) is 1. The number of ether oxygens (including phenoxy) is 2. The summed E-state index contributed by atoms with van der Waals surface area (Å²) in [6.45, 7) is 1.99. The molecule has 1 aliphatic heterocycles. The van der Waals surface area contributed by atoms with Crippen molar-refractivity contribution in [1.82, 2.24) is 0 Å². The number of hydrogen-bond acceptors (Lipinski definition) is 4. The zero-order valence-corrected chi connectivity index (χ0v) is 16.4. The number of methoxy groups -OCH3 is 1. The van der Waals surface area contributed by atoms with E-state index in [2.05, 4.69) is 47.5 Å². The van der Waals surface area contributed by atoms with Gasteiger partial charge in [-0.1, -0.05) is 60.7 Å². The van der Waals surface area contributed by atoms with Crippen molar-refractivity contribution in [3.63, 3.8) is 0 Å². The summed E-state index contributed by atoms with van der Waals surface area (Å²) in [5.74, 6) is 1.31. The van der Waals surface area contributed by atoms with Crippen molar-refractivity contribution >= 4 is 11.4 Å². The van der Waals surface area contributed by atoms with Crippen molar-refractivity contribution in [3.8, 4) is 5.75 Å². The average Bonchev–Trinajstić information content (AvgIpc) is 2.73. The van der Waals surface area contributed by atoms with E-state index in [1.807, 2.05) is 37.3 Å². The van der Waals surface area contributed by atoms with Crippen LogP contribution < -0.4 is 10.5 Å². The summed E-state index contributed by atoms with van der Waals surface area (Å²) in [5.41, 5.74) is 8.48. The van der Waals surface area contributed by atoms with Crippen molar-refractivity contribution in [2.45, 2.75) is 37.5 Å². The van der Waals surface area contributed by atoms with Crippen LogP contribution in [0.1, 0.15) is 37.3 Å². The molecule has 4 heteroatoms. The number of allylic oxidation sites excluding steroid dienone is 2. The molecule has 1 heterocycles. The van der Waals surface area contributed by atoms with Gasteiger partial charge in [-0.25, -0.2) is 4.99 Å². The predicted octanol–water partition coefficient (Wildman–Crippen LogP) is 4.71. The van der Waals surface area contributed by atoms with E-state index in [-0.39, 0.29) is 5.60 Å². The van der Waals surface area contributed by atoms with Crippen LogP contribution in [0.3, 0.4) is 0 Å². The van der Waals surface area contributed by atoms with Gasteiger partial charge in [-0.2, -0.15) is 0 Å². The first-order valence-corrected chi connectivity index (χ1v) is 9.65. The van der Waals surface area contributed by atoms with Crippen LogP contribution in [0.2, 0.25) is 0 Å². The molecule has 144 valence electrons. The summed E-state index contributed by atoms with van der Waals surface area (Å²) in [6.07, 6.45) is 8.69. The van der Waals surface area contributed by atoms with E-state index in [1.165, 1.54) is 11.1 Å². The molecule has 2 aromatic carbocycles. The van der Waals surface area contributed by atoms with Crippen LogP contribution in [-0.4, -0.2) is 24.3 Å². The number of aliphatic imine (C=N–C) groups is 1. The molecular formula is C24H26N2O2. The Morgan fingerprint density at radius 1 is 1.07 bits per heavy atom. The molecule has 1 aliphatic carbocycles. The van der Waals surface area contributed by atoms with E-state index in [1.54, 1.807) is 7.11 Å². The lowest BCUT2D eigenvalue weighted by Gasteiger charge is -2.37. The van der Waals surface area contributed by atoms with Gasteiger partial charge in [0.05, 0.1) is 11.2 Å². The van der Waals surface area contributed by atoms with Gasteiger partial charge in [0.1, 0.15) is 11.6 Å². The number of nitrogens with two attached hydrogens (primary N) is 1. The van der Waals surface area contributed by atoms with Gasteiger partial charge in [0, 0.05) is 20.0 Å². The molecule has 0 aromatic heterocycles. The van der Waals surface area contributed by atoms with E-state index in [4.69, 9.17) is 15.2 Å². The van der Waals surface area contributed by atoms with Crippen molar-refractivity contribution in [2.75, 3.05) is 7.11 Å². The molecule has 2 N–H and O–H groups in total. The number of nitrogens with zero attached hydrogens (tertiary/aromatic N) is 1. The summed E-state index contributed by atoms with van der Waals surface area (Å²) in [7, 11) is 1.77. The molecule has 2 atom stereocenters. The molecule has 2 aromatic rings. The molecule has 0 saturated carbocycles. The Bertz CT molecular complexity index is 948. The second-order valence-electron chi connectivity index (χ2n) is 7.63. The first kappa shape index (κ1) is 18.5. The second-order valence-corrected chi connectivity index (χ2v) is 7.63. The number of rotatable bonds is 5. The lowest BCUT2D eigenvalue weighted by atomic mass is 9.82. The Balaban J connectivity index is 1.52. The van der Waals surface area contributed by atoms with E-state index < -0.39 is 5.72 Å². The summed E-state index contributed by atoms with van der Waals surface area (Å²) in [4.78, 5) is 4.66. The highest BCUT2D eigenvalue weighted by Gasteiger charge is 2.37. The topological polar surface area (TPSA) is 56.8 Å². The third-order valence-electron chi connectivity index (χ3n) is 5.60. The maximum absolute atomic E-state index is 6.22. The van der Waals surface area contributed by atoms with Crippen LogP contribution in [0.4, 0.5) is 0 Å². The van der Waals surface area contributed by atoms with E-state index in [9.17, 15) is 0 Å². The minimum atomic E-state index is -0.703. The van der Waals surface area contributed by atoms with E-state index >= 15 is 0 Å². The number of fused-ring (bicyclic) bond motifs is 1. The normalized spacial score (nSPS) is 26.1. The van der Waals surface area contributed by atoms with Crippen LogP contribution >= 0.6 is 0 Å². The largest absolute Gasteiger partial charge is 0.466 e. The highest BCUT2D eigenvalue weighted by Crippen LogP contribution is 2.39. The van der Waals surface area contributed by atoms with Crippen LogP contribution in [0, 0.1) is 0 Å². The Morgan fingerprint density at radius 2 is 1.82 bits per heavy atom. The molecule has 4 nitrogen and oxygen atoms in total. The molecule has 2 aliphatic rings. The summed E-state index contributed by atoms with van der Waals surface area (Å²) < 4.78 is 12.2. The fourth-order valence-electron chi connectivity index (χ4n) is 3.94. The van der Waals surface area contributed by atoms with Crippen LogP contribution in [-0.2, 0) is 4.74 Å². The molecule has 0 amide bonds. The Hall–Kier alpha value is -2.85. The first-order valence-electron chi connectivity index (χ1n) is 9.65. The van der Waals surface area contributed by atoms with Gasteiger partial charge in [-0.05, 0) is 36.6 Å². The van der Waals surface area contributed by atoms with Gasteiger partial charge >= 0.3 is 0 Å². The number of amidine groups is 1. The molecule has 2 unspecified atom stereocenters. The first-order chi connectivity index (χ1) is 13.5. The Labute approximate surface area is 166 Å². The standard InChI is InChI=1S/C24H26N2O2/c1-23(26-22(25)20-12-6-7-13-21(20)28-23)15-16-24(27-2)14-8-11-19(17-24)18-9-4-3-5-10-18/h3-14H,15-17H2,1-2H3,(H2,25,26). The maximum atomic E-state index is 6.22. The molecule has 0 saturated heterocycles. The Morgan fingerprint density at radius 3 is 2.61 bits per heavy atom. The number of benzene rings is 2. The summed E-state index contributed by atoms with van der Waals surface area (Å²) in [5, 5.41) is 0. The second kappa shape index (κ2) is 7.28. The van der Waals surface area contributed by atoms with Gasteiger partial charge in [0.15, 0.2) is 5.72 Å². The quantitative estimate of drug-likeness (QED) is 0.825. The minimum Gasteiger partial charge on any atom is -0.466 e.